The van der Waals surface area contributed by atoms with Gasteiger partial charge in [0.2, 0.25) is 0 Å². The Hall–Kier alpha value is -0.960. The van der Waals surface area contributed by atoms with Gasteiger partial charge in [0.1, 0.15) is 5.76 Å². The van der Waals surface area contributed by atoms with E-state index in [1.165, 1.54) is 4.31 Å². The molecule has 0 spiro atoms. The van der Waals surface area contributed by atoms with E-state index in [1.54, 1.807) is 6.92 Å². The van der Waals surface area contributed by atoms with Gasteiger partial charge < -0.3 is 9.84 Å². The van der Waals surface area contributed by atoms with Crippen LogP contribution in [-0.2, 0) is 16.8 Å². The van der Waals surface area contributed by atoms with E-state index in [-0.39, 0.29) is 6.54 Å². The molecule has 2 N–H and O–H groups in total. The molecular weight excluding hydrogens is 292 g/mol. The zero-order valence-corrected chi connectivity index (χ0v) is 13.7. The largest absolute Gasteiger partial charge is 0.361 e. The minimum atomic E-state index is -3.46. The molecule has 1 aromatic rings. The Kier molecular flexibility index (Phi) is 5.37. The molecule has 0 radical (unpaired) electrons. The van der Waals surface area contributed by atoms with Crippen LogP contribution < -0.4 is 10.0 Å². The number of aryl methyl sites for hydroxylation is 2. The first-order valence-electron chi connectivity index (χ1n) is 7.25. The predicted molar refractivity (Wildman–Crippen MR) is 80.0 cm³/mol. The van der Waals surface area contributed by atoms with E-state index < -0.39 is 10.2 Å². The zero-order chi connectivity index (χ0) is 15.5. The Bertz CT molecular complexity index is 548. The maximum absolute atomic E-state index is 12.4. The molecular formula is C13H24N4O3S. The summed E-state index contributed by atoms with van der Waals surface area (Å²) in [6.07, 6.45) is 1.97. The van der Waals surface area contributed by atoms with Gasteiger partial charge in [0.25, 0.3) is 10.2 Å². The minimum absolute atomic E-state index is 0.219. The van der Waals surface area contributed by atoms with Crippen molar-refractivity contribution in [2.45, 2.75) is 33.2 Å². The summed E-state index contributed by atoms with van der Waals surface area (Å²) in [7, 11) is -1.57. The van der Waals surface area contributed by atoms with E-state index in [1.807, 2.05) is 14.0 Å². The van der Waals surface area contributed by atoms with Crippen LogP contribution in [0.5, 0.6) is 0 Å². The number of piperidine rings is 1. The zero-order valence-electron chi connectivity index (χ0n) is 12.8. The van der Waals surface area contributed by atoms with Gasteiger partial charge in [-0.1, -0.05) is 5.16 Å². The number of rotatable bonds is 6. The van der Waals surface area contributed by atoms with Crippen LogP contribution in [0.25, 0.3) is 0 Å². The highest BCUT2D eigenvalue weighted by atomic mass is 32.2. The quantitative estimate of drug-likeness (QED) is 0.800. The molecule has 0 saturated carbocycles. The fraction of sp³-hybridized carbons (Fsp3) is 0.769. The molecule has 1 unspecified atom stereocenters. The number of hydrogen-bond acceptors (Lipinski definition) is 5. The van der Waals surface area contributed by atoms with Crippen LogP contribution in [0.4, 0.5) is 0 Å². The highest BCUT2D eigenvalue weighted by Crippen LogP contribution is 2.19. The van der Waals surface area contributed by atoms with Crippen LogP contribution >= 0.6 is 0 Å². The molecule has 1 saturated heterocycles. The molecule has 1 atom stereocenters. The Labute approximate surface area is 126 Å². The molecule has 1 aliphatic rings. The van der Waals surface area contributed by atoms with Gasteiger partial charge in [-0.25, -0.2) is 0 Å². The standard InChI is InChI=1S/C13H24N4O3S/c1-10-13(11(2)20-16-10)8-15-21(18,19)17-6-4-5-12(9-17)7-14-3/h12,14-15H,4-9H2,1-3H3. The first-order chi connectivity index (χ1) is 9.94. The summed E-state index contributed by atoms with van der Waals surface area (Å²) < 4.78 is 34.0. The van der Waals surface area contributed by atoms with E-state index in [4.69, 9.17) is 4.52 Å². The number of hydrogen-bond donors (Lipinski definition) is 2. The summed E-state index contributed by atoms with van der Waals surface area (Å²) in [5.74, 6) is 1.03. The number of nitrogens with zero attached hydrogens (tertiary/aromatic N) is 2. The van der Waals surface area contributed by atoms with E-state index >= 15 is 0 Å². The molecule has 0 aromatic carbocycles. The highest BCUT2D eigenvalue weighted by molar-refractivity contribution is 7.87. The Morgan fingerprint density at radius 3 is 2.81 bits per heavy atom. The third-order valence-corrected chi connectivity index (χ3v) is 5.45. The van der Waals surface area contributed by atoms with E-state index in [9.17, 15) is 8.42 Å². The maximum atomic E-state index is 12.4. The summed E-state index contributed by atoms with van der Waals surface area (Å²) in [6, 6.07) is 0. The molecule has 7 nitrogen and oxygen atoms in total. The maximum Gasteiger partial charge on any atom is 0.279 e. The van der Waals surface area contributed by atoms with Crippen LogP contribution in [0, 0.1) is 19.8 Å². The second kappa shape index (κ2) is 6.87. The molecule has 0 amide bonds. The van der Waals surface area contributed by atoms with Crippen molar-refractivity contribution in [3.63, 3.8) is 0 Å². The molecule has 1 fully saturated rings. The topological polar surface area (TPSA) is 87.5 Å². The van der Waals surface area contributed by atoms with Crippen LogP contribution in [0.1, 0.15) is 29.9 Å². The van der Waals surface area contributed by atoms with E-state index in [2.05, 4.69) is 15.2 Å². The van der Waals surface area contributed by atoms with Crippen molar-refractivity contribution >= 4 is 10.2 Å². The lowest BCUT2D eigenvalue weighted by Gasteiger charge is -2.31. The predicted octanol–water partition coefficient (Wildman–Crippen LogP) is 0.557. The van der Waals surface area contributed by atoms with Gasteiger partial charge in [0, 0.05) is 25.2 Å². The van der Waals surface area contributed by atoms with Crippen LogP contribution in [0.3, 0.4) is 0 Å². The second-order valence-electron chi connectivity index (χ2n) is 5.55. The first-order valence-corrected chi connectivity index (χ1v) is 8.69. The Morgan fingerprint density at radius 2 is 2.19 bits per heavy atom. The molecule has 0 bridgehead atoms. The average molecular weight is 316 g/mol. The molecule has 21 heavy (non-hydrogen) atoms. The summed E-state index contributed by atoms with van der Waals surface area (Å²) in [5, 5.41) is 6.95. The molecule has 1 aromatic heterocycles. The van der Waals surface area contributed by atoms with Crippen LogP contribution in [-0.4, -0.2) is 44.6 Å². The molecule has 2 heterocycles. The Balaban J connectivity index is 1.98. The monoisotopic (exact) mass is 316 g/mol. The van der Waals surface area contributed by atoms with Crippen LogP contribution in [0.2, 0.25) is 0 Å². The number of aromatic nitrogens is 1. The minimum Gasteiger partial charge on any atom is -0.361 e. The molecule has 0 aliphatic carbocycles. The lowest BCUT2D eigenvalue weighted by Crippen LogP contribution is -2.47. The van der Waals surface area contributed by atoms with Crippen molar-refractivity contribution in [3.8, 4) is 0 Å². The number of nitrogens with one attached hydrogen (secondary N) is 2. The second-order valence-corrected chi connectivity index (χ2v) is 7.31. The average Bonchev–Trinajstić information content (AvgIpc) is 2.77. The molecule has 8 heteroatoms. The highest BCUT2D eigenvalue weighted by Gasteiger charge is 2.28. The van der Waals surface area contributed by atoms with Gasteiger partial charge in [0.05, 0.1) is 5.69 Å². The van der Waals surface area contributed by atoms with Crippen molar-refractivity contribution in [3.05, 3.63) is 17.0 Å². The van der Waals surface area contributed by atoms with Gasteiger partial charge >= 0.3 is 0 Å². The van der Waals surface area contributed by atoms with Gasteiger partial charge in [-0.15, -0.1) is 0 Å². The SMILES string of the molecule is CNCC1CCCN(S(=O)(=O)NCc2c(C)noc2C)C1. The lowest BCUT2D eigenvalue weighted by atomic mass is 10.00. The van der Waals surface area contributed by atoms with Crippen molar-refractivity contribution in [2.75, 3.05) is 26.7 Å². The normalized spacial score (nSPS) is 20.8. The van der Waals surface area contributed by atoms with Gasteiger partial charge in [-0.3, -0.25) is 0 Å². The van der Waals surface area contributed by atoms with Crippen LogP contribution in [0.15, 0.2) is 4.52 Å². The third-order valence-electron chi connectivity index (χ3n) is 3.93. The fourth-order valence-corrected chi connectivity index (χ4v) is 4.00. The summed E-state index contributed by atoms with van der Waals surface area (Å²) in [6.45, 7) is 5.80. The fourth-order valence-electron chi connectivity index (χ4n) is 2.71. The van der Waals surface area contributed by atoms with Crippen molar-refractivity contribution in [2.24, 2.45) is 5.92 Å². The van der Waals surface area contributed by atoms with Crippen molar-refractivity contribution in [1.29, 1.82) is 0 Å². The summed E-state index contributed by atoms with van der Waals surface area (Å²) in [4.78, 5) is 0. The summed E-state index contributed by atoms with van der Waals surface area (Å²) in [5.41, 5.74) is 1.53. The summed E-state index contributed by atoms with van der Waals surface area (Å²) >= 11 is 0. The van der Waals surface area contributed by atoms with Gasteiger partial charge in [-0.05, 0) is 46.2 Å². The molecule has 120 valence electrons. The first kappa shape index (κ1) is 16.4. The lowest BCUT2D eigenvalue weighted by molar-refractivity contribution is 0.261. The van der Waals surface area contributed by atoms with E-state index in [0.29, 0.717) is 24.8 Å². The third kappa shape index (κ3) is 4.03. The molecule has 2 rings (SSSR count). The van der Waals surface area contributed by atoms with Crippen molar-refractivity contribution in [1.82, 2.24) is 19.5 Å². The van der Waals surface area contributed by atoms with Crippen molar-refractivity contribution < 1.29 is 12.9 Å². The van der Waals surface area contributed by atoms with Gasteiger partial charge in [0.15, 0.2) is 0 Å². The van der Waals surface area contributed by atoms with E-state index in [0.717, 1.165) is 30.6 Å². The van der Waals surface area contributed by atoms with Gasteiger partial charge in [-0.2, -0.15) is 17.4 Å². The Morgan fingerprint density at radius 1 is 1.43 bits per heavy atom. The molecule has 1 aliphatic heterocycles. The smallest absolute Gasteiger partial charge is 0.279 e.